The molecule has 3 aromatic rings. The molecule has 7 nitrogen and oxygen atoms in total. The number of aliphatic imine (C=N–C) groups is 2. The predicted molar refractivity (Wildman–Crippen MR) is 152 cm³/mol. The average molecular weight is 482 g/mol. The number of nitrogens with one attached hydrogen (secondary N) is 2. The largest absolute Gasteiger partial charge is 0.338 e. The first-order valence-electron chi connectivity index (χ1n) is 12.4. The summed E-state index contributed by atoms with van der Waals surface area (Å²) in [5.74, 6) is 1.37. The molecule has 0 spiro atoms. The highest BCUT2D eigenvalue weighted by Gasteiger charge is 2.14. The number of nitrogens with zero attached hydrogens (tertiary/aromatic N) is 5. The molecule has 0 aliphatic carbocycles. The Morgan fingerprint density at radius 3 is 2.61 bits per heavy atom. The lowest BCUT2D eigenvalue weighted by molar-refractivity contribution is 0.579. The second kappa shape index (κ2) is 11.7. The van der Waals surface area contributed by atoms with Crippen LogP contribution < -0.4 is 26.1 Å². The first kappa shape index (κ1) is 25.3. The van der Waals surface area contributed by atoms with Crippen molar-refractivity contribution in [3.63, 3.8) is 0 Å². The molecule has 36 heavy (non-hydrogen) atoms. The van der Waals surface area contributed by atoms with E-state index in [0.29, 0.717) is 17.1 Å². The van der Waals surface area contributed by atoms with Gasteiger partial charge in [0.2, 0.25) is 5.95 Å². The summed E-state index contributed by atoms with van der Waals surface area (Å²) >= 11 is 0. The van der Waals surface area contributed by atoms with Crippen LogP contribution in [0.25, 0.3) is 12.4 Å². The quantitative estimate of drug-likeness (QED) is 0.505. The minimum Gasteiger partial charge on any atom is -0.338 e. The van der Waals surface area contributed by atoms with E-state index in [-0.39, 0.29) is 0 Å². The molecule has 2 heterocycles. The Morgan fingerprint density at radius 2 is 1.89 bits per heavy atom. The van der Waals surface area contributed by atoms with Crippen molar-refractivity contribution in [3.05, 3.63) is 75.4 Å². The molecule has 7 heteroatoms. The number of aromatic nitrogens is 2. The van der Waals surface area contributed by atoms with Crippen LogP contribution in [0.1, 0.15) is 36.1 Å². The van der Waals surface area contributed by atoms with Crippen molar-refractivity contribution >= 4 is 42.2 Å². The van der Waals surface area contributed by atoms with Gasteiger partial charge in [-0.05, 0) is 74.6 Å². The lowest BCUT2D eigenvalue weighted by atomic mass is 9.98. The summed E-state index contributed by atoms with van der Waals surface area (Å²) < 4.78 is 0. The number of hydrogen-bond acceptors (Lipinski definition) is 7. The van der Waals surface area contributed by atoms with Gasteiger partial charge in [-0.2, -0.15) is 0 Å². The standard InChI is InChI=1S/C29H35N7/c1-6-31-26-18-23(9-8-20(26)3)17-24-10-11-25(16-21(24)4)34-28(32-7-2)27-22(5)19-33-29(35-27)36-14-12-30-13-15-36/h6-11,16,18-19,30,34H,5,12-15,17H2,1-4H3/b28-27-,31-6?,32-7?. The van der Waals surface area contributed by atoms with Gasteiger partial charge in [-0.25, -0.2) is 15.0 Å². The number of piperazine rings is 1. The smallest absolute Gasteiger partial charge is 0.226 e. The van der Waals surface area contributed by atoms with Gasteiger partial charge < -0.3 is 15.5 Å². The van der Waals surface area contributed by atoms with E-state index in [1.165, 1.54) is 22.3 Å². The molecular weight excluding hydrogens is 446 g/mol. The van der Waals surface area contributed by atoms with E-state index in [0.717, 1.165) is 49.2 Å². The van der Waals surface area contributed by atoms with Crippen molar-refractivity contribution in [2.75, 3.05) is 36.4 Å². The summed E-state index contributed by atoms with van der Waals surface area (Å²) in [4.78, 5) is 20.6. The molecule has 1 fully saturated rings. The van der Waals surface area contributed by atoms with Gasteiger partial charge in [0.1, 0.15) is 5.35 Å². The van der Waals surface area contributed by atoms with Crippen LogP contribution in [-0.4, -0.2) is 48.6 Å². The zero-order valence-corrected chi connectivity index (χ0v) is 21.7. The fourth-order valence-electron chi connectivity index (χ4n) is 4.27. The zero-order valence-electron chi connectivity index (χ0n) is 21.7. The first-order chi connectivity index (χ1) is 17.5. The summed E-state index contributed by atoms with van der Waals surface area (Å²) in [6, 6.07) is 12.9. The Balaban J connectivity index is 1.62. The molecule has 0 atom stereocenters. The van der Waals surface area contributed by atoms with Gasteiger partial charge in [0.25, 0.3) is 0 Å². The Kier molecular flexibility index (Phi) is 8.23. The molecule has 0 radical (unpaired) electrons. The summed E-state index contributed by atoms with van der Waals surface area (Å²) in [7, 11) is 0. The molecule has 2 N–H and O–H groups in total. The van der Waals surface area contributed by atoms with E-state index in [1.807, 2.05) is 20.1 Å². The fraction of sp³-hybridized carbons (Fsp3) is 0.310. The summed E-state index contributed by atoms with van der Waals surface area (Å²) in [6.07, 6.45) is 6.24. The van der Waals surface area contributed by atoms with Crippen LogP contribution in [0.3, 0.4) is 0 Å². The molecule has 0 unspecified atom stereocenters. The molecule has 0 bridgehead atoms. The van der Waals surface area contributed by atoms with Crippen LogP contribution in [0.2, 0.25) is 0 Å². The third-order valence-electron chi connectivity index (χ3n) is 6.28. The van der Waals surface area contributed by atoms with Gasteiger partial charge in [0, 0.05) is 55.7 Å². The lowest BCUT2D eigenvalue weighted by Gasteiger charge is -2.27. The number of benzene rings is 2. The van der Waals surface area contributed by atoms with E-state index < -0.39 is 0 Å². The van der Waals surface area contributed by atoms with Crippen LogP contribution in [0.4, 0.5) is 17.3 Å². The number of rotatable bonds is 7. The van der Waals surface area contributed by atoms with Gasteiger partial charge in [0.15, 0.2) is 5.82 Å². The minimum absolute atomic E-state index is 0.661. The Hall–Kier alpha value is -3.84. The molecule has 0 saturated carbocycles. The molecule has 186 valence electrons. The van der Waals surface area contributed by atoms with Crippen LogP contribution >= 0.6 is 0 Å². The Bertz CT molecular complexity index is 1390. The maximum absolute atomic E-state index is 4.84. The van der Waals surface area contributed by atoms with Gasteiger partial charge in [-0.15, -0.1) is 0 Å². The van der Waals surface area contributed by atoms with E-state index in [2.05, 4.69) is 87.3 Å². The highest BCUT2D eigenvalue weighted by atomic mass is 15.3. The minimum atomic E-state index is 0.661. The van der Waals surface area contributed by atoms with E-state index in [9.17, 15) is 0 Å². The third kappa shape index (κ3) is 6.04. The molecule has 1 aliphatic rings. The zero-order chi connectivity index (χ0) is 25.5. The highest BCUT2D eigenvalue weighted by Crippen LogP contribution is 2.24. The summed E-state index contributed by atoms with van der Waals surface area (Å²) in [5.41, 5.74) is 6.89. The number of anilines is 2. The first-order valence-corrected chi connectivity index (χ1v) is 12.4. The number of hydrogen-bond donors (Lipinski definition) is 2. The second-order valence-electron chi connectivity index (χ2n) is 8.97. The maximum Gasteiger partial charge on any atom is 0.226 e. The fourth-order valence-corrected chi connectivity index (χ4v) is 4.27. The molecule has 1 aliphatic heterocycles. The van der Waals surface area contributed by atoms with Crippen molar-refractivity contribution in [1.29, 1.82) is 0 Å². The third-order valence-corrected chi connectivity index (χ3v) is 6.28. The monoisotopic (exact) mass is 481 g/mol. The van der Waals surface area contributed by atoms with Gasteiger partial charge >= 0.3 is 0 Å². The molecule has 1 aromatic heterocycles. The number of aryl methyl sites for hydroxylation is 2. The molecule has 0 amide bonds. The SMILES string of the molecule is C=c1cnc(N2CCNCC2)n/c1=C(/N=CC)Nc1ccc(Cc2ccc(C)c(N=CC)c2)c(C)c1. The Morgan fingerprint density at radius 1 is 1.08 bits per heavy atom. The predicted octanol–water partition coefficient (Wildman–Crippen LogP) is 3.49. The van der Waals surface area contributed by atoms with Gasteiger partial charge in [-0.3, -0.25) is 4.99 Å². The maximum atomic E-state index is 4.84. The van der Waals surface area contributed by atoms with Crippen molar-refractivity contribution in [2.24, 2.45) is 9.98 Å². The average Bonchev–Trinajstić information content (AvgIpc) is 2.88. The second-order valence-corrected chi connectivity index (χ2v) is 8.97. The van der Waals surface area contributed by atoms with Crippen molar-refractivity contribution in [2.45, 2.75) is 34.1 Å². The van der Waals surface area contributed by atoms with Crippen molar-refractivity contribution in [3.8, 4) is 0 Å². The molecule has 4 rings (SSSR count). The molecular formula is C29H35N7. The highest BCUT2D eigenvalue weighted by molar-refractivity contribution is 5.71. The van der Waals surface area contributed by atoms with Crippen molar-refractivity contribution in [1.82, 2.24) is 15.3 Å². The molecule has 1 saturated heterocycles. The van der Waals surface area contributed by atoms with Crippen LogP contribution in [0.5, 0.6) is 0 Å². The van der Waals surface area contributed by atoms with Crippen LogP contribution in [0.15, 0.2) is 52.6 Å². The Labute approximate surface area is 213 Å². The van der Waals surface area contributed by atoms with Crippen molar-refractivity contribution < 1.29 is 0 Å². The topological polar surface area (TPSA) is 77.8 Å². The van der Waals surface area contributed by atoms with E-state index in [4.69, 9.17) is 4.98 Å². The van der Waals surface area contributed by atoms with Crippen LogP contribution in [-0.2, 0) is 6.42 Å². The summed E-state index contributed by atoms with van der Waals surface area (Å²) in [5, 5.41) is 8.28. The van der Waals surface area contributed by atoms with Gasteiger partial charge in [-0.1, -0.05) is 24.8 Å². The lowest BCUT2D eigenvalue weighted by Crippen LogP contribution is -2.45. The van der Waals surface area contributed by atoms with Crippen LogP contribution in [0, 0.1) is 13.8 Å². The van der Waals surface area contributed by atoms with Gasteiger partial charge in [0.05, 0.1) is 5.69 Å². The normalized spacial score (nSPS) is 15.1. The van der Waals surface area contributed by atoms with E-state index >= 15 is 0 Å². The van der Waals surface area contributed by atoms with E-state index in [1.54, 1.807) is 12.4 Å². The molecule has 2 aromatic carbocycles. The summed E-state index contributed by atoms with van der Waals surface area (Å²) in [6.45, 7) is 15.8.